The topological polar surface area (TPSA) is 51.9 Å². The van der Waals surface area contributed by atoms with Crippen molar-refractivity contribution in [2.24, 2.45) is 0 Å². The summed E-state index contributed by atoms with van der Waals surface area (Å²) in [5.41, 5.74) is 9.79. The number of pyridine rings is 2. The fourth-order valence-electron chi connectivity index (χ4n) is 7.51. The third-order valence-corrected chi connectivity index (χ3v) is 10.4. The van der Waals surface area contributed by atoms with Crippen LogP contribution in [0.5, 0.6) is 0 Å². The van der Waals surface area contributed by atoms with Crippen LogP contribution in [0.4, 0.5) is 11.4 Å². The monoisotopic (exact) mass is 688 g/mol. The predicted octanol–water partition coefficient (Wildman–Crippen LogP) is 10.3. The number of rotatable bonds is 15. The number of fused-ring (bicyclic) bond motifs is 3. The minimum Gasteiger partial charge on any atom is -0.437 e. The van der Waals surface area contributed by atoms with E-state index >= 15 is 0 Å². The molecule has 0 bridgehead atoms. The minimum atomic E-state index is 0.710. The highest BCUT2D eigenvalue weighted by Crippen LogP contribution is 2.37. The predicted molar refractivity (Wildman–Crippen MR) is 214 cm³/mol. The van der Waals surface area contributed by atoms with E-state index in [0.717, 1.165) is 73.6 Å². The van der Waals surface area contributed by atoms with Gasteiger partial charge < -0.3 is 24.0 Å². The van der Waals surface area contributed by atoms with Crippen molar-refractivity contribution >= 4 is 33.4 Å². The number of para-hydroxylation sites is 1. The SMILES string of the molecule is Cc1ccc2c(n1)oc1c(-c3ccccn3)ccc(CCCCCCc3ccc(N4C=CN(CCCCN5C=CN(c6ccccc6)C5)C4)cc3)c12. The largest absolute Gasteiger partial charge is 0.437 e. The Hall–Kier alpha value is -5.56. The van der Waals surface area contributed by atoms with E-state index in [1.165, 1.54) is 60.0 Å². The average Bonchev–Trinajstić information content (AvgIpc) is 3.95. The number of nitrogens with zero attached hydrogens (tertiary/aromatic N) is 6. The van der Waals surface area contributed by atoms with Gasteiger partial charge in [-0.2, -0.15) is 0 Å². The molecule has 0 unspecified atom stereocenters. The maximum Gasteiger partial charge on any atom is 0.227 e. The van der Waals surface area contributed by atoms with Crippen LogP contribution in [0.3, 0.4) is 0 Å². The highest BCUT2D eigenvalue weighted by molar-refractivity contribution is 6.10. The molecule has 0 fully saturated rings. The summed E-state index contributed by atoms with van der Waals surface area (Å²) in [6.07, 6.45) is 20.0. The van der Waals surface area contributed by atoms with Gasteiger partial charge in [0.05, 0.1) is 19.0 Å². The van der Waals surface area contributed by atoms with Crippen LogP contribution in [-0.2, 0) is 12.8 Å². The molecule has 0 atom stereocenters. The normalized spacial score (nSPS) is 14.2. The van der Waals surface area contributed by atoms with Gasteiger partial charge in [-0.3, -0.25) is 4.98 Å². The van der Waals surface area contributed by atoms with E-state index in [2.05, 4.69) is 128 Å². The van der Waals surface area contributed by atoms with Gasteiger partial charge in [0.15, 0.2) is 0 Å². The summed E-state index contributed by atoms with van der Waals surface area (Å²) in [6, 6.07) is 34.5. The van der Waals surface area contributed by atoms with E-state index in [4.69, 9.17) is 9.40 Å². The van der Waals surface area contributed by atoms with Crippen molar-refractivity contribution in [2.45, 2.75) is 58.3 Å². The van der Waals surface area contributed by atoms with Gasteiger partial charge in [-0.05, 0) is 111 Å². The van der Waals surface area contributed by atoms with Crippen LogP contribution in [0.2, 0.25) is 0 Å². The van der Waals surface area contributed by atoms with Crippen LogP contribution >= 0.6 is 0 Å². The Morgan fingerprint density at radius 2 is 1.31 bits per heavy atom. The first-order valence-electron chi connectivity index (χ1n) is 18.9. The van der Waals surface area contributed by atoms with E-state index < -0.39 is 0 Å². The summed E-state index contributed by atoms with van der Waals surface area (Å²) in [7, 11) is 0. The van der Waals surface area contributed by atoms with Crippen LogP contribution in [0.15, 0.2) is 132 Å². The Bertz CT molecular complexity index is 2140. The molecule has 0 amide bonds. The fraction of sp³-hybridized carbons (Fsp3) is 0.289. The molecule has 2 aliphatic heterocycles. The van der Waals surface area contributed by atoms with Crippen molar-refractivity contribution in [3.63, 3.8) is 0 Å². The van der Waals surface area contributed by atoms with Gasteiger partial charge in [-0.15, -0.1) is 0 Å². The van der Waals surface area contributed by atoms with E-state index in [1.54, 1.807) is 0 Å². The second-order valence-electron chi connectivity index (χ2n) is 14.2. The van der Waals surface area contributed by atoms with Gasteiger partial charge >= 0.3 is 0 Å². The Kier molecular flexibility index (Phi) is 10.2. The summed E-state index contributed by atoms with van der Waals surface area (Å²) in [5.74, 6) is 0. The van der Waals surface area contributed by atoms with E-state index in [9.17, 15) is 0 Å². The zero-order valence-corrected chi connectivity index (χ0v) is 30.2. The number of benzene rings is 3. The first-order chi connectivity index (χ1) is 25.7. The van der Waals surface area contributed by atoms with Gasteiger partial charge in [0, 0.05) is 77.5 Å². The molecule has 0 N–H and O–H groups in total. The van der Waals surface area contributed by atoms with E-state index in [-0.39, 0.29) is 0 Å². The van der Waals surface area contributed by atoms with Crippen LogP contribution < -0.4 is 9.80 Å². The van der Waals surface area contributed by atoms with Crippen LogP contribution in [0, 0.1) is 6.92 Å². The number of hydrogen-bond donors (Lipinski definition) is 0. The number of aromatic nitrogens is 2. The third-order valence-electron chi connectivity index (χ3n) is 10.4. The van der Waals surface area contributed by atoms with Gasteiger partial charge in [-0.25, -0.2) is 4.98 Å². The Balaban J connectivity index is 0.757. The molecule has 3 aromatic heterocycles. The van der Waals surface area contributed by atoms with Crippen molar-refractivity contribution in [2.75, 3.05) is 36.2 Å². The molecule has 7 nitrogen and oxygen atoms in total. The Labute approximate surface area is 307 Å². The first-order valence-corrected chi connectivity index (χ1v) is 18.9. The van der Waals surface area contributed by atoms with Crippen molar-refractivity contribution in [3.05, 3.63) is 145 Å². The van der Waals surface area contributed by atoms with E-state index in [0.29, 0.717) is 5.71 Å². The van der Waals surface area contributed by atoms with Crippen LogP contribution in [-0.4, -0.2) is 46.2 Å². The van der Waals surface area contributed by atoms with Crippen LogP contribution in [0.25, 0.3) is 33.3 Å². The van der Waals surface area contributed by atoms with Gasteiger partial charge in [0.25, 0.3) is 0 Å². The summed E-state index contributed by atoms with van der Waals surface area (Å²) in [4.78, 5) is 18.8. The summed E-state index contributed by atoms with van der Waals surface area (Å²) < 4.78 is 6.38. The lowest BCUT2D eigenvalue weighted by atomic mass is 9.97. The lowest BCUT2D eigenvalue weighted by molar-refractivity contribution is 0.354. The highest BCUT2D eigenvalue weighted by atomic mass is 16.3. The summed E-state index contributed by atoms with van der Waals surface area (Å²) >= 11 is 0. The highest BCUT2D eigenvalue weighted by Gasteiger charge is 2.18. The molecular formula is C45H48N6O. The molecule has 5 heterocycles. The van der Waals surface area contributed by atoms with Crippen molar-refractivity contribution in [1.82, 2.24) is 19.8 Å². The molecule has 0 saturated carbocycles. The summed E-state index contributed by atoms with van der Waals surface area (Å²) in [6.45, 7) is 6.05. The standard InChI is InChI=1S/C45H48N6O/c1-35-18-24-41-43-37(21-25-40(42-17-9-10-26-46-42)44(43)52-45(41)47-35)14-6-3-2-5-13-36-19-22-39(23-20-36)51-32-30-49(34-51)28-12-11-27-48-29-31-50(33-48)38-15-7-4-8-16-38/h4,7-10,15-26,29-32H,2-3,5-6,11-14,27-28,33-34H2,1H3. The Morgan fingerprint density at radius 3 is 2.02 bits per heavy atom. The molecule has 6 aromatic rings. The van der Waals surface area contributed by atoms with Crippen molar-refractivity contribution in [1.29, 1.82) is 0 Å². The quantitative estimate of drug-likeness (QED) is 0.0996. The zero-order valence-electron chi connectivity index (χ0n) is 30.2. The lowest BCUT2D eigenvalue weighted by Gasteiger charge is -2.23. The molecule has 52 heavy (non-hydrogen) atoms. The second kappa shape index (κ2) is 15.8. The molecule has 0 radical (unpaired) electrons. The van der Waals surface area contributed by atoms with Gasteiger partial charge in [0.2, 0.25) is 5.71 Å². The van der Waals surface area contributed by atoms with Crippen LogP contribution in [0.1, 0.15) is 55.3 Å². The first kappa shape index (κ1) is 33.6. The maximum atomic E-state index is 6.38. The third kappa shape index (κ3) is 7.69. The Morgan fingerprint density at radius 1 is 0.615 bits per heavy atom. The summed E-state index contributed by atoms with van der Waals surface area (Å²) in [5, 5.41) is 2.28. The molecule has 3 aromatic carbocycles. The van der Waals surface area contributed by atoms with Crippen molar-refractivity contribution < 1.29 is 4.42 Å². The molecule has 8 rings (SSSR count). The number of anilines is 2. The zero-order chi connectivity index (χ0) is 35.1. The molecule has 0 spiro atoms. The number of unbranched alkanes of at least 4 members (excludes halogenated alkanes) is 4. The van der Waals surface area contributed by atoms with E-state index in [1.807, 2.05) is 31.3 Å². The van der Waals surface area contributed by atoms with Gasteiger partial charge in [-0.1, -0.05) is 55.3 Å². The molecular weight excluding hydrogens is 641 g/mol. The van der Waals surface area contributed by atoms with Crippen molar-refractivity contribution in [3.8, 4) is 11.3 Å². The van der Waals surface area contributed by atoms with Gasteiger partial charge in [0.1, 0.15) is 5.58 Å². The number of aryl methyl sites for hydroxylation is 3. The molecule has 7 heteroatoms. The smallest absolute Gasteiger partial charge is 0.227 e. The average molecular weight is 689 g/mol. The molecule has 264 valence electrons. The second-order valence-corrected chi connectivity index (χ2v) is 14.2. The fourth-order valence-corrected chi connectivity index (χ4v) is 7.51. The molecule has 0 aliphatic carbocycles. The number of hydrogen-bond acceptors (Lipinski definition) is 7. The minimum absolute atomic E-state index is 0.710. The number of furan rings is 1. The maximum absolute atomic E-state index is 6.38. The lowest BCUT2D eigenvalue weighted by Crippen LogP contribution is -2.27. The molecule has 0 saturated heterocycles. The molecule has 2 aliphatic rings.